The van der Waals surface area contributed by atoms with Crippen molar-refractivity contribution in [1.29, 1.82) is 0 Å². The van der Waals surface area contributed by atoms with E-state index in [-0.39, 0.29) is 29.4 Å². The second kappa shape index (κ2) is 8.63. The van der Waals surface area contributed by atoms with Crippen molar-refractivity contribution in [1.82, 2.24) is 5.32 Å². The van der Waals surface area contributed by atoms with Crippen LogP contribution in [0.1, 0.15) is 50.9 Å². The Morgan fingerprint density at radius 1 is 1.13 bits per heavy atom. The Balaban J connectivity index is 1.60. The molecular weight excluding hydrogens is 436 g/mol. The average molecular weight is 463 g/mol. The summed E-state index contributed by atoms with van der Waals surface area (Å²) < 4.78 is 28.7. The van der Waals surface area contributed by atoms with Crippen LogP contribution in [-0.4, -0.2) is 44.9 Å². The first-order valence-electron chi connectivity index (χ1n) is 10.4. The summed E-state index contributed by atoms with van der Waals surface area (Å²) in [5.41, 5.74) is 1.93. The molecule has 0 saturated carbocycles. The van der Waals surface area contributed by atoms with Gasteiger partial charge in [-0.3, -0.25) is 9.59 Å². The summed E-state index contributed by atoms with van der Waals surface area (Å²) >= 11 is 1.45. The third-order valence-electron chi connectivity index (χ3n) is 5.89. The molecule has 9 heteroatoms. The maximum atomic E-state index is 13.2. The quantitative estimate of drug-likeness (QED) is 0.711. The van der Waals surface area contributed by atoms with Crippen LogP contribution < -0.4 is 15.4 Å². The Labute approximate surface area is 186 Å². The number of sulfone groups is 1. The van der Waals surface area contributed by atoms with Crippen LogP contribution in [0.5, 0.6) is 5.75 Å². The number of ether oxygens (including phenoxy) is 1. The molecule has 0 spiro atoms. The maximum Gasteiger partial charge on any atom is 0.256 e. The van der Waals surface area contributed by atoms with E-state index in [2.05, 4.69) is 17.6 Å². The first-order chi connectivity index (χ1) is 14.8. The Hall–Kier alpha value is -2.39. The summed E-state index contributed by atoms with van der Waals surface area (Å²) in [5, 5.41) is 6.33. The second-order valence-electron chi connectivity index (χ2n) is 8.31. The number of hydrogen-bond acceptors (Lipinski definition) is 6. The first kappa shape index (κ1) is 21.8. The number of rotatable bonds is 5. The monoisotopic (exact) mass is 462 g/mol. The van der Waals surface area contributed by atoms with E-state index in [9.17, 15) is 18.0 Å². The van der Waals surface area contributed by atoms with Crippen LogP contribution in [0.2, 0.25) is 0 Å². The van der Waals surface area contributed by atoms with E-state index in [1.807, 2.05) is 0 Å². The van der Waals surface area contributed by atoms with Crippen LogP contribution in [-0.2, 0) is 22.7 Å². The van der Waals surface area contributed by atoms with Crippen molar-refractivity contribution in [3.8, 4) is 5.75 Å². The number of benzene rings is 1. The molecule has 2 unspecified atom stereocenters. The molecule has 2 aromatic rings. The predicted octanol–water partition coefficient (Wildman–Crippen LogP) is 3.05. The van der Waals surface area contributed by atoms with Crippen molar-refractivity contribution in [2.45, 2.75) is 38.6 Å². The summed E-state index contributed by atoms with van der Waals surface area (Å²) in [5.74, 6) is 0.635. The maximum absolute atomic E-state index is 13.2. The molecule has 1 aliphatic heterocycles. The van der Waals surface area contributed by atoms with Gasteiger partial charge < -0.3 is 15.4 Å². The minimum Gasteiger partial charge on any atom is -0.497 e. The SMILES string of the molecule is COc1ccc(C(=O)Nc2sc3c(c2C(=O)NC2CCS(=O)(=O)C2)CCC(C)C3)cc1. The number of hydrogen-bond donors (Lipinski definition) is 2. The van der Waals surface area contributed by atoms with Crippen LogP contribution in [0.4, 0.5) is 5.00 Å². The molecule has 7 nitrogen and oxygen atoms in total. The smallest absolute Gasteiger partial charge is 0.256 e. The Kier molecular flexibility index (Phi) is 6.07. The van der Waals surface area contributed by atoms with Crippen molar-refractivity contribution in [3.05, 3.63) is 45.8 Å². The van der Waals surface area contributed by atoms with Crippen molar-refractivity contribution < 1.29 is 22.7 Å². The predicted molar refractivity (Wildman–Crippen MR) is 121 cm³/mol. The number of amides is 2. The largest absolute Gasteiger partial charge is 0.497 e. The van der Waals surface area contributed by atoms with Crippen LogP contribution >= 0.6 is 11.3 Å². The van der Waals surface area contributed by atoms with E-state index < -0.39 is 9.84 Å². The topological polar surface area (TPSA) is 102 Å². The van der Waals surface area contributed by atoms with Gasteiger partial charge in [-0.25, -0.2) is 8.42 Å². The van der Waals surface area contributed by atoms with Gasteiger partial charge in [-0.05, 0) is 61.4 Å². The molecule has 31 heavy (non-hydrogen) atoms. The third kappa shape index (κ3) is 4.77. The molecule has 1 aromatic carbocycles. The zero-order valence-corrected chi connectivity index (χ0v) is 19.2. The fraction of sp³-hybridized carbons (Fsp3) is 0.455. The Bertz CT molecular complexity index is 1110. The molecule has 1 fully saturated rings. The molecule has 2 atom stereocenters. The zero-order chi connectivity index (χ0) is 22.2. The number of fused-ring (bicyclic) bond motifs is 1. The minimum atomic E-state index is -3.10. The van der Waals surface area contributed by atoms with E-state index in [1.54, 1.807) is 31.4 Å². The summed E-state index contributed by atoms with van der Waals surface area (Å²) in [6.07, 6.45) is 3.05. The molecule has 2 amide bonds. The highest BCUT2D eigenvalue weighted by Gasteiger charge is 2.33. The highest BCUT2D eigenvalue weighted by molar-refractivity contribution is 7.91. The normalized spacial score (nSPS) is 21.9. The summed E-state index contributed by atoms with van der Waals surface area (Å²) in [7, 11) is -1.54. The lowest BCUT2D eigenvalue weighted by Crippen LogP contribution is -2.36. The molecule has 166 valence electrons. The van der Waals surface area contributed by atoms with E-state index in [1.165, 1.54) is 11.3 Å². The van der Waals surface area contributed by atoms with Gasteiger partial charge in [-0.15, -0.1) is 11.3 Å². The van der Waals surface area contributed by atoms with Gasteiger partial charge in [0.25, 0.3) is 11.8 Å². The third-order valence-corrected chi connectivity index (χ3v) is 8.82. The molecule has 1 aliphatic carbocycles. The van der Waals surface area contributed by atoms with E-state index in [4.69, 9.17) is 4.74 Å². The fourth-order valence-electron chi connectivity index (χ4n) is 4.16. The second-order valence-corrected chi connectivity index (χ2v) is 11.6. The number of anilines is 1. The van der Waals surface area contributed by atoms with Crippen molar-refractivity contribution in [2.24, 2.45) is 5.92 Å². The molecule has 1 saturated heterocycles. The fourth-order valence-corrected chi connectivity index (χ4v) is 7.24. The summed E-state index contributed by atoms with van der Waals surface area (Å²) in [6.45, 7) is 2.18. The number of methoxy groups -OCH3 is 1. The lowest BCUT2D eigenvalue weighted by Gasteiger charge is -2.19. The number of carbonyl (C=O) groups excluding carboxylic acids is 2. The Morgan fingerprint density at radius 3 is 2.52 bits per heavy atom. The average Bonchev–Trinajstić information content (AvgIpc) is 3.26. The van der Waals surface area contributed by atoms with Crippen LogP contribution in [0.15, 0.2) is 24.3 Å². The molecule has 2 N–H and O–H groups in total. The minimum absolute atomic E-state index is 0.0321. The van der Waals surface area contributed by atoms with E-state index >= 15 is 0 Å². The highest BCUT2D eigenvalue weighted by Crippen LogP contribution is 2.40. The lowest BCUT2D eigenvalue weighted by atomic mass is 9.88. The van der Waals surface area contributed by atoms with Crippen LogP contribution in [0, 0.1) is 5.92 Å². The molecule has 1 aromatic heterocycles. The Morgan fingerprint density at radius 2 is 1.87 bits per heavy atom. The van der Waals surface area contributed by atoms with Crippen molar-refractivity contribution >= 4 is 38.0 Å². The number of carbonyl (C=O) groups is 2. The van der Waals surface area contributed by atoms with Crippen LogP contribution in [0.25, 0.3) is 0 Å². The van der Waals surface area contributed by atoms with Crippen molar-refractivity contribution in [3.63, 3.8) is 0 Å². The number of nitrogens with one attached hydrogen (secondary N) is 2. The molecule has 0 bridgehead atoms. The molecule has 2 heterocycles. The van der Waals surface area contributed by atoms with Gasteiger partial charge in [-0.2, -0.15) is 0 Å². The standard InChI is InChI=1S/C22H26N2O5S2/c1-13-3-8-17-18(11-13)30-22(24-20(25)14-4-6-16(29-2)7-5-14)19(17)21(26)23-15-9-10-31(27,28)12-15/h4-7,13,15H,3,8-12H2,1-2H3,(H,23,26)(H,24,25). The summed E-state index contributed by atoms with van der Waals surface area (Å²) in [6, 6.07) is 6.38. The lowest BCUT2D eigenvalue weighted by molar-refractivity contribution is 0.0941. The van der Waals surface area contributed by atoms with Gasteiger partial charge in [0.05, 0.1) is 24.2 Å². The van der Waals surface area contributed by atoms with E-state index in [0.29, 0.717) is 34.2 Å². The molecular formula is C22H26N2O5S2. The highest BCUT2D eigenvalue weighted by atomic mass is 32.2. The molecule has 4 rings (SSSR count). The zero-order valence-electron chi connectivity index (χ0n) is 17.6. The van der Waals surface area contributed by atoms with Gasteiger partial charge >= 0.3 is 0 Å². The number of thiophene rings is 1. The van der Waals surface area contributed by atoms with Gasteiger partial charge in [0.1, 0.15) is 10.8 Å². The summed E-state index contributed by atoms with van der Waals surface area (Å²) in [4.78, 5) is 27.1. The van der Waals surface area contributed by atoms with Crippen molar-refractivity contribution in [2.75, 3.05) is 23.9 Å². The first-order valence-corrected chi connectivity index (χ1v) is 13.0. The van der Waals surface area contributed by atoms with Gasteiger partial charge in [0.15, 0.2) is 9.84 Å². The molecule has 2 aliphatic rings. The van der Waals surface area contributed by atoms with Gasteiger partial charge in [0.2, 0.25) is 0 Å². The van der Waals surface area contributed by atoms with E-state index in [0.717, 1.165) is 29.7 Å². The van der Waals surface area contributed by atoms with Crippen LogP contribution in [0.3, 0.4) is 0 Å². The van der Waals surface area contributed by atoms with Gasteiger partial charge in [0, 0.05) is 16.5 Å². The van der Waals surface area contributed by atoms with Gasteiger partial charge in [-0.1, -0.05) is 6.92 Å². The molecule has 0 radical (unpaired) electrons.